The van der Waals surface area contributed by atoms with Gasteiger partial charge < -0.3 is 5.32 Å². The van der Waals surface area contributed by atoms with Gasteiger partial charge in [-0.1, -0.05) is 20.1 Å². The molecule has 64 valence electrons. The molecule has 1 heteroatoms. The van der Waals surface area contributed by atoms with Crippen LogP contribution >= 0.6 is 0 Å². The van der Waals surface area contributed by atoms with Gasteiger partial charge in [-0.15, -0.1) is 0 Å². The molecule has 0 unspecified atom stereocenters. The molecule has 0 heterocycles. The van der Waals surface area contributed by atoms with Gasteiger partial charge in [0.15, 0.2) is 0 Å². The summed E-state index contributed by atoms with van der Waals surface area (Å²) in [5.41, 5.74) is 2.08. The summed E-state index contributed by atoms with van der Waals surface area (Å²) in [5.74, 6) is 0. The van der Waals surface area contributed by atoms with Crippen molar-refractivity contribution < 1.29 is 0 Å². The third-order valence-electron chi connectivity index (χ3n) is 1.89. The van der Waals surface area contributed by atoms with Crippen molar-refractivity contribution in [2.75, 3.05) is 0 Å². The highest BCUT2D eigenvalue weighted by Crippen LogP contribution is 2.11. The van der Waals surface area contributed by atoms with Crippen LogP contribution in [0.4, 0.5) is 0 Å². The van der Waals surface area contributed by atoms with Crippen LogP contribution in [-0.2, 0) is 0 Å². The van der Waals surface area contributed by atoms with E-state index >= 15 is 0 Å². The van der Waals surface area contributed by atoms with Crippen LogP contribution in [-0.4, -0.2) is 5.54 Å². The summed E-state index contributed by atoms with van der Waals surface area (Å²) >= 11 is 0. The van der Waals surface area contributed by atoms with Crippen molar-refractivity contribution in [3.8, 4) is 0 Å². The Labute approximate surface area is 70.2 Å². The van der Waals surface area contributed by atoms with Crippen LogP contribution < -0.4 is 5.32 Å². The first-order chi connectivity index (χ1) is 4.89. The van der Waals surface area contributed by atoms with Gasteiger partial charge in [0, 0.05) is 11.2 Å². The Kier molecular flexibility index (Phi) is 3.37. The van der Waals surface area contributed by atoms with Gasteiger partial charge in [0.25, 0.3) is 0 Å². The summed E-state index contributed by atoms with van der Waals surface area (Å²) in [5, 5.41) is 3.31. The Morgan fingerprint density at radius 1 is 1.36 bits per heavy atom. The fourth-order valence-electron chi connectivity index (χ4n) is 0.604. The maximum absolute atomic E-state index is 3.88. The number of rotatable bonds is 4. The first kappa shape index (κ1) is 10.3. The highest BCUT2D eigenvalue weighted by molar-refractivity contribution is 5.22. The summed E-state index contributed by atoms with van der Waals surface area (Å²) in [6, 6.07) is 0. The fraction of sp³-hybridized carbons (Fsp3) is 0.600. The monoisotopic (exact) mass is 153 g/mol. The molecule has 0 rings (SSSR count). The van der Waals surface area contributed by atoms with Crippen molar-refractivity contribution in [1.82, 2.24) is 5.32 Å². The molecule has 0 radical (unpaired) electrons. The Morgan fingerprint density at radius 3 is 2.09 bits per heavy atom. The van der Waals surface area contributed by atoms with Crippen molar-refractivity contribution in [1.29, 1.82) is 0 Å². The molecule has 0 saturated carbocycles. The van der Waals surface area contributed by atoms with Gasteiger partial charge in [-0.25, -0.2) is 0 Å². The van der Waals surface area contributed by atoms with Gasteiger partial charge in [0.1, 0.15) is 0 Å². The first-order valence-electron chi connectivity index (χ1n) is 4.02. The predicted octanol–water partition coefficient (Wildman–Crippen LogP) is 2.85. The second kappa shape index (κ2) is 3.61. The highest BCUT2D eigenvalue weighted by Gasteiger charge is 2.14. The minimum Gasteiger partial charge on any atom is -0.380 e. The maximum atomic E-state index is 3.88. The molecule has 0 bridgehead atoms. The highest BCUT2D eigenvalue weighted by atomic mass is 15.0. The molecule has 0 aromatic heterocycles. The number of nitrogens with one attached hydrogen (secondary N) is 1. The van der Waals surface area contributed by atoms with Crippen LogP contribution in [0.15, 0.2) is 24.4 Å². The van der Waals surface area contributed by atoms with Crippen LogP contribution in [0.1, 0.15) is 34.1 Å². The Bertz CT molecular complexity index is 166. The van der Waals surface area contributed by atoms with Crippen molar-refractivity contribution >= 4 is 0 Å². The summed E-state index contributed by atoms with van der Waals surface area (Å²) in [7, 11) is 0. The van der Waals surface area contributed by atoms with E-state index < -0.39 is 0 Å². The van der Waals surface area contributed by atoms with Gasteiger partial charge in [-0.2, -0.15) is 0 Å². The normalized spacial score (nSPS) is 10.9. The second-order valence-electron chi connectivity index (χ2n) is 3.62. The van der Waals surface area contributed by atoms with Gasteiger partial charge in [-0.3, -0.25) is 0 Å². The van der Waals surface area contributed by atoms with Crippen molar-refractivity contribution in [3.05, 3.63) is 24.4 Å². The van der Waals surface area contributed by atoms with Crippen LogP contribution in [0.25, 0.3) is 0 Å². The zero-order valence-corrected chi connectivity index (χ0v) is 8.12. The smallest absolute Gasteiger partial charge is 0.0314 e. The molecule has 0 aliphatic carbocycles. The summed E-state index contributed by atoms with van der Waals surface area (Å²) in [4.78, 5) is 0. The Balaban J connectivity index is 4.04. The lowest BCUT2D eigenvalue weighted by atomic mass is 10.0. The summed E-state index contributed by atoms with van der Waals surface area (Å²) in [6.45, 7) is 16.1. The van der Waals surface area contributed by atoms with Gasteiger partial charge >= 0.3 is 0 Å². The summed E-state index contributed by atoms with van der Waals surface area (Å²) in [6.07, 6.45) is 1.08. The van der Waals surface area contributed by atoms with E-state index in [0.717, 1.165) is 17.7 Å². The molecule has 0 fully saturated rings. The fourth-order valence-corrected chi connectivity index (χ4v) is 0.604. The molecular formula is C10H19N. The van der Waals surface area contributed by atoms with Crippen molar-refractivity contribution in [2.45, 2.75) is 39.7 Å². The molecule has 0 atom stereocenters. The maximum Gasteiger partial charge on any atom is 0.0314 e. The largest absolute Gasteiger partial charge is 0.380 e. The molecule has 0 aliphatic rings. The lowest BCUT2D eigenvalue weighted by Gasteiger charge is -2.27. The average molecular weight is 153 g/mol. The predicted molar refractivity (Wildman–Crippen MR) is 51.5 cm³/mol. The van der Waals surface area contributed by atoms with E-state index in [1.54, 1.807) is 0 Å². The van der Waals surface area contributed by atoms with E-state index in [1.165, 1.54) is 0 Å². The number of hydrogen-bond acceptors (Lipinski definition) is 1. The Morgan fingerprint density at radius 2 is 1.82 bits per heavy atom. The van der Waals surface area contributed by atoms with E-state index in [4.69, 9.17) is 0 Å². The SMILES string of the molecule is C=C(C)C(=C)NC(C)(C)CC. The minimum atomic E-state index is 0.135. The van der Waals surface area contributed by atoms with Crippen molar-refractivity contribution in [3.63, 3.8) is 0 Å². The van der Waals surface area contributed by atoms with Gasteiger partial charge in [-0.05, 0) is 32.8 Å². The third kappa shape index (κ3) is 3.87. The van der Waals surface area contributed by atoms with E-state index in [1.807, 2.05) is 6.92 Å². The average Bonchev–Trinajstić information content (AvgIpc) is 1.87. The molecule has 0 amide bonds. The molecule has 1 nitrogen and oxygen atoms in total. The number of hydrogen-bond donors (Lipinski definition) is 1. The van der Waals surface area contributed by atoms with Crippen LogP contribution in [0, 0.1) is 0 Å². The molecular weight excluding hydrogens is 134 g/mol. The van der Waals surface area contributed by atoms with E-state index in [0.29, 0.717) is 0 Å². The zero-order chi connectivity index (χ0) is 9.07. The van der Waals surface area contributed by atoms with E-state index in [-0.39, 0.29) is 5.54 Å². The van der Waals surface area contributed by atoms with E-state index in [9.17, 15) is 0 Å². The zero-order valence-electron chi connectivity index (χ0n) is 8.12. The standard InChI is InChI=1S/C10H19N/c1-7-10(5,6)11-9(4)8(2)3/h11H,2,4,7H2,1,3,5-6H3. The second-order valence-corrected chi connectivity index (χ2v) is 3.62. The molecule has 11 heavy (non-hydrogen) atoms. The van der Waals surface area contributed by atoms with Crippen LogP contribution in [0.5, 0.6) is 0 Å². The molecule has 0 aliphatic heterocycles. The molecule has 0 spiro atoms. The minimum absolute atomic E-state index is 0.135. The quantitative estimate of drug-likeness (QED) is 0.612. The third-order valence-corrected chi connectivity index (χ3v) is 1.89. The molecule has 0 aromatic rings. The van der Waals surface area contributed by atoms with Crippen molar-refractivity contribution in [2.24, 2.45) is 0 Å². The molecule has 1 N–H and O–H groups in total. The number of allylic oxidation sites excluding steroid dienone is 1. The Hall–Kier alpha value is -0.720. The van der Waals surface area contributed by atoms with Crippen LogP contribution in [0.2, 0.25) is 0 Å². The van der Waals surface area contributed by atoms with Gasteiger partial charge in [0.2, 0.25) is 0 Å². The van der Waals surface area contributed by atoms with E-state index in [2.05, 4.69) is 39.2 Å². The molecule has 0 saturated heterocycles. The lowest BCUT2D eigenvalue weighted by Crippen LogP contribution is -2.37. The first-order valence-corrected chi connectivity index (χ1v) is 4.02. The summed E-state index contributed by atoms with van der Waals surface area (Å²) < 4.78 is 0. The topological polar surface area (TPSA) is 12.0 Å². The van der Waals surface area contributed by atoms with Crippen LogP contribution in [0.3, 0.4) is 0 Å². The lowest BCUT2D eigenvalue weighted by molar-refractivity contribution is 0.418. The van der Waals surface area contributed by atoms with Gasteiger partial charge in [0.05, 0.1) is 0 Å². The molecule has 0 aromatic carbocycles.